The molecule has 0 radical (unpaired) electrons. The van der Waals surface area contributed by atoms with E-state index in [4.69, 9.17) is 11.6 Å². The van der Waals surface area contributed by atoms with E-state index in [-0.39, 0.29) is 23.1 Å². The summed E-state index contributed by atoms with van der Waals surface area (Å²) in [5.41, 5.74) is 1.06. The van der Waals surface area contributed by atoms with Crippen molar-refractivity contribution in [3.8, 4) is 0 Å². The summed E-state index contributed by atoms with van der Waals surface area (Å²) in [5, 5.41) is 2.84. The second-order valence-electron chi connectivity index (χ2n) is 6.35. The van der Waals surface area contributed by atoms with Gasteiger partial charge in [0.15, 0.2) is 0 Å². The Morgan fingerprint density at radius 1 is 1.37 bits per heavy atom. The normalized spacial score (nSPS) is 25.3. The van der Waals surface area contributed by atoms with E-state index in [2.05, 4.69) is 5.32 Å². The molecule has 1 saturated heterocycles. The second-order valence-corrected chi connectivity index (χ2v) is 6.60. The molecule has 0 aromatic rings. The van der Waals surface area contributed by atoms with Gasteiger partial charge in [-0.05, 0) is 11.3 Å². The molecule has 2 atom stereocenters. The molecule has 19 heavy (non-hydrogen) atoms. The van der Waals surface area contributed by atoms with Crippen molar-refractivity contribution in [2.75, 3.05) is 6.54 Å². The van der Waals surface area contributed by atoms with E-state index in [1.54, 1.807) is 11.0 Å². The average molecular weight is 287 g/mol. The van der Waals surface area contributed by atoms with Crippen molar-refractivity contribution < 1.29 is 9.59 Å². The Hall–Kier alpha value is -1.03. The lowest BCUT2D eigenvalue weighted by Crippen LogP contribution is -2.67. The standard InChI is InChI=1S/C14H23ClN2O2/c1-9(2)10-13(19)17(8-6-7-15)11(12(18)16-10)14(3,4)5/h6-7,9-11H,8H2,1-5H3,(H,16,18)/b7-6+. The first-order valence-corrected chi connectivity index (χ1v) is 7.00. The highest BCUT2D eigenvalue weighted by molar-refractivity contribution is 6.25. The second kappa shape index (κ2) is 5.95. The van der Waals surface area contributed by atoms with E-state index < -0.39 is 12.1 Å². The number of rotatable bonds is 3. The lowest BCUT2D eigenvalue weighted by Gasteiger charge is -2.45. The number of piperazine rings is 1. The largest absolute Gasteiger partial charge is 0.342 e. The van der Waals surface area contributed by atoms with Gasteiger partial charge in [0.1, 0.15) is 12.1 Å². The van der Waals surface area contributed by atoms with Crippen molar-refractivity contribution >= 4 is 23.4 Å². The Labute approximate surface area is 120 Å². The third kappa shape index (κ3) is 3.50. The SMILES string of the molecule is CC(C)C1NC(=O)C(C(C)(C)C)N(C/C=C/Cl)C1=O. The zero-order valence-corrected chi connectivity index (χ0v) is 13.0. The Balaban J connectivity index is 3.10. The third-order valence-electron chi connectivity index (χ3n) is 3.29. The van der Waals surface area contributed by atoms with Crippen LogP contribution < -0.4 is 5.32 Å². The molecule has 0 aromatic carbocycles. The highest BCUT2D eigenvalue weighted by atomic mass is 35.5. The molecule has 1 aliphatic rings. The molecule has 0 saturated carbocycles. The molecule has 2 unspecified atom stereocenters. The average Bonchev–Trinajstić information content (AvgIpc) is 2.27. The molecule has 0 aromatic heterocycles. The summed E-state index contributed by atoms with van der Waals surface area (Å²) in [7, 11) is 0. The first-order chi connectivity index (χ1) is 8.70. The molecule has 1 heterocycles. The Bertz CT molecular complexity index is 385. The maximum absolute atomic E-state index is 12.5. The van der Waals surface area contributed by atoms with Gasteiger partial charge in [-0.2, -0.15) is 0 Å². The van der Waals surface area contributed by atoms with Crippen LogP contribution in [0.5, 0.6) is 0 Å². The molecule has 5 heteroatoms. The highest BCUT2D eigenvalue weighted by Gasteiger charge is 2.46. The maximum atomic E-state index is 12.5. The molecule has 4 nitrogen and oxygen atoms in total. The zero-order chi connectivity index (χ0) is 14.8. The van der Waals surface area contributed by atoms with Crippen molar-refractivity contribution in [3.63, 3.8) is 0 Å². The number of carbonyl (C=O) groups excluding carboxylic acids is 2. The molecule has 0 bridgehead atoms. The van der Waals surface area contributed by atoms with Crippen LogP contribution in [-0.4, -0.2) is 35.3 Å². The quantitative estimate of drug-likeness (QED) is 0.864. The zero-order valence-electron chi connectivity index (χ0n) is 12.2. The molecular weight excluding hydrogens is 264 g/mol. The summed E-state index contributed by atoms with van der Waals surface area (Å²) >= 11 is 5.55. The molecule has 2 amide bonds. The summed E-state index contributed by atoms with van der Waals surface area (Å²) in [5.74, 6) is -0.0575. The van der Waals surface area contributed by atoms with Gasteiger partial charge in [-0.3, -0.25) is 9.59 Å². The van der Waals surface area contributed by atoms with Gasteiger partial charge >= 0.3 is 0 Å². The van der Waals surface area contributed by atoms with Gasteiger partial charge in [-0.25, -0.2) is 0 Å². The molecule has 1 aliphatic heterocycles. The van der Waals surface area contributed by atoms with Crippen LogP contribution in [-0.2, 0) is 9.59 Å². The molecule has 0 spiro atoms. The summed E-state index contributed by atoms with van der Waals surface area (Å²) < 4.78 is 0. The predicted molar refractivity (Wildman–Crippen MR) is 76.7 cm³/mol. The van der Waals surface area contributed by atoms with Gasteiger partial charge < -0.3 is 10.2 Å². The summed E-state index contributed by atoms with van der Waals surface area (Å²) in [6.07, 6.45) is 1.69. The number of halogens is 1. The van der Waals surface area contributed by atoms with Gasteiger partial charge in [0.2, 0.25) is 11.8 Å². The fourth-order valence-corrected chi connectivity index (χ4v) is 2.48. The number of amides is 2. The molecular formula is C14H23ClN2O2. The van der Waals surface area contributed by atoms with Crippen LogP contribution in [0.1, 0.15) is 34.6 Å². The van der Waals surface area contributed by atoms with Gasteiger partial charge in [0, 0.05) is 12.1 Å². The van der Waals surface area contributed by atoms with Crippen molar-refractivity contribution in [3.05, 3.63) is 11.6 Å². The van der Waals surface area contributed by atoms with Crippen LogP contribution in [0.4, 0.5) is 0 Å². The topological polar surface area (TPSA) is 49.4 Å². The van der Waals surface area contributed by atoms with E-state index in [0.29, 0.717) is 6.54 Å². The van der Waals surface area contributed by atoms with Crippen LogP contribution >= 0.6 is 11.6 Å². The fourth-order valence-electron chi connectivity index (χ4n) is 2.40. The monoisotopic (exact) mass is 286 g/mol. The molecule has 1 rings (SSSR count). The Kier molecular flexibility index (Phi) is 5.02. The van der Waals surface area contributed by atoms with Gasteiger partial charge in [-0.1, -0.05) is 52.3 Å². The van der Waals surface area contributed by atoms with E-state index >= 15 is 0 Å². The van der Waals surface area contributed by atoms with Crippen LogP contribution in [0.2, 0.25) is 0 Å². The summed E-state index contributed by atoms with van der Waals surface area (Å²) in [6, 6.07) is -0.919. The lowest BCUT2D eigenvalue weighted by molar-refractivity contribution is -0.154. The maximum Gasteiger partial charge on any atom is 0.246 e. The minimum Gasteiger partial charge on any atom is -0.342 e. The van der Waals surface area contributed by atoms with E-state index in [1.807, 2.05) is 34.6 Å². The van der Waals surface area contributed by atoms with Crippen molar-refractivity contribution in [2.45, 2.75) is 46.7 Å². The first kappa shape index (κ1) is 16.0. The van der Waals surface area contributed by atoms with Crippen LogP contribution in [0.15, 0.2) is 11.6 Å². The van der Waals surface area contributed by atoms with Gasteiger partial charge in [0.05, 0.1) is 0 Å². The number of hydrogen-bond donors (Lipinski definition) is 1. The number of nitrogens with one attached hydrogen (secondary N) is 1. The van der Waals surface area contributed by atoms with Crippen LogP contribution in [0, 0.1) is 11.3 Å². The summed E-state index contributed by atoms with van der Waals surface area (Å²) in [4.78, 5) is 26.4. The lowest BCUT2D eigenvalue weighted by atomic mass is 9.82. The van der Waals surface area contributed by atoms with E-state index in [0.717, 1.165) is 0 Å². The Morgan fingerprint density at radius 2 is 1.95 bits per heavy atom. The third-order valence-corrected chi connectivity index (χ3v) is 3.46. The van der Waals surface area contributed by atoms with Crippen LogP contribution in [0.25, 0.3) is 0 Å². The van der Waals surface area contributed by atoms with Crippen molar-refractivity contribution in [2.24, 2.45) is 11.3 Å². The van der Waals surface area contributed by atoms with Gasteiger partial charge in [-0.15, -0.1) is 0 Å². The minimum absolute atomic E-state index is 0.0377. The van der Waals surface area contributed by atoms with Crippen LogP contribution in [0.3, 0.4) is 0 Å². The predicted octanol–water partition coefficient (Wildman–Crippen LogP) is 2.14. The number of carbonyl (C=O) groups is 2. The van der Waals surface area contributed by atoms with Crippen molar-refractivity contribution in [1.82, 2.24) is 10.2 Å². The molecule has 108 valence electrons. The van der Waals surface area contributed by atoms with Gasteiger partial charge in [0.25, 0.3) is 0 Å². The molecule has 0 aliphatic carbocycles. The molecule has 1 N–H and O–H groups in total. The molecule has 1 fully saturated rings. The highest BCUT2D eigenvalue weighted by Crippen LogP contribution is 2.29. The smallest absolute Gasteiger partial charge is 0.246 e. The Morgan fingerprint density at radius 3 is 2.37 bits per heavy atom. The van der Waals surface area contributed by atoms with Crippen molar-refractivity contribution in [1.29, 1.82) is 0 Å². The number of hydrogen-bond acceptors (Lipinski definition) is 2. The fraction of sp³-hybridized carbons (Fsp3) is 0.714. The summed E-state index contributed by atoms with van der Waals surface area (Å²) in [6.45, 7) is 10.1. The minimum atomic E-state index is -0.470. The first-order valence-electron chi connectivity index (χ1n) is 6.56. The van der Waals surface area contributed by atoms with E-state index in [1.165, 1.54) is 5.54 Å². The van der Waals surface area contributed by atoms with E-state index in [9.17, 15) is 9.59 Å². The number of nitrogens with zero attached hydrogens (tertiary/aromatic N) is 1.